The molecule has 38 heavy (non-hydrogen) atoms. The molecule has 8 nitrogen and oxygen atoms in total. The molecule has 0 spiro atoms. The van der Waals surface area contributed by atoms with E-state index in [1.807, 2.05) is 0 Å². The van der Waals surface area contributed by atoms with Crippen LogP contribution in [0.3, 0.4) is 0 Å². The Labute approximate surface area is 213 Å². The number of carbonyl (C=O) groups excluding carboxylic acids is 2. The predicted molar refractivity (Wildman–Crippen MR) is 114 cm³/mol. The lowest BCUT2D eigenvalue weighted by molar-refractivity contribution is -0.146. The van der Waals surface area contributed by atoms with E-state index in [0.717, 1.165) is 0 Å². The highest BCUT2D eigenvalue weighted by Gasteiger charge is 2.47. The topological polar surface area (TPSA) is 103 Å². The van der Waals surface area contributed by atoms with Gasteiger partial charge in [-0.15, -0.1) is 0 Å². The Morgan fingerprint density at radius 3 is 2.24 bits per heavy atom. The quantitative estimate of drug-likeness (QED) is 0.409. The van der Waals surface area contributed by atoms with E-state index >= 15 is 0 Å². The summed E-state index contributed by atoms with van der Waals surface area (Å²) in [6.45, 7) is 1.47. The average Bonchev–Trinajstić information content (AvgIpc) is 3.04. The largest absolute Gasteiger partial charge is 0.433 e. The lowest BCUT2D eigenvalue weighted by Gasteiger charge is -2.28. The molecule has 0 bridgehead atoms. The minimum absolute atomic E-state index is 0.0808. The second-order valence-electron chi connectivity index (χ2n) is 8.19. The molecule has 2 amide bonds. The zero-order chi connectivity index (χ0) is 28.9. The number of alkyl halides is 6. The van der Waals surface area contributed by atoms with Gasteiger partial charge in [-0.2, -0.15) is 26.3 Å². The highest BCUT2D eigenvalue weighted by atomic mass is 35.5. The summed E-state index contributed by atoms with van der Waals surface area (Å²) in [6.07, 6.45) is -17.1. The summed E-state index contributed by atoms with van der Waals surface area (Å²) < 4.78 is 115. The molecule has 17 heteroatoms. The van der Waals surface area contributed by atoms with Crippen LogP contribution in [0.2, 0.25) is 5.02 Å². The first-order valence-corrected chi connectivity index (χ1v) is 10.8. The number of pyridine rings is 1. The Hall–Kier alpha value is -3.24. The smallest absolute Gasteiger partial charge is 0.405 e. The SMILES string of the molecule is CC(C)N(C(=O)Oc1c(C(F)(F)F)cc(C(F)(F)F)nc1N1C[C@H](O)[C@H](O)C1=O)c1ccc(F)c(Cl)c1F. The van der Waals surface area contributed by atoms with E-state index in [0.29, 0.717) is 17.0 Å². The maximum Gasteiger partial charge on any atom is 0.433 e. The molecule has 208 valence electrons. The third-order valence-corrected chi connectivity index (χ3v) is 5.58. The van der Waals surface area contributed by atoms with Gasteiger partial charge in [0.2, 0.25) is 0 Å². The van der Waals surface area contributed by atoms with E-state index in [-0.39, 0.29) is 4.90 Å². The van der Waals surface area contributed by atoms with E-state index in [9.17, 15) is 54.9 Å². The molecular formula is C21H16ClF8N3O5. The Balaban J connectivity index is 2.24. The van der Waals surface area contributed by atoms with Crippen LogP contribution in [-0.4, -0.2) is 52.0 Å². The van der Waals surface area contributed by atoms with E-state index in [1.165, 1.54) is 13.8 Å². The summed E-state index contributed by atoms with van der Waals surface area (Å²) in [6, 6.07) is -0.225. The molecule has 2 atom stereocenters. The Morgan fingerprint density at radius 2 is 1.76 bits per heavy atom. The van der Waals surface area contributed by atoms with E-state index in [4.69, 9.17) is 16.3 Å². The Kier molecular flexibility index (Phi) is 7.83. The molecule has 2 aromatic rings. The van der Waals surface area contributed by atoms with Crippen molar-refractivity contribution in [2.24, 2.45) is 0 Å². The minimum Gasteiger partial charge on any atom is -0.405 e. The number of anilines is 2. The predicted octanol–water partition coefficient (Wildman–Crippen LogP) is 4.53. The lowest BCUT2D eigenvalue weighted by Crippen LogP contribution is -2.40. The standard InChI is InChI=1S/C21H16ClF8N3O5/c1-7(2)33(10-4-3-9(23)13(22)14(10)24)19(37)38-16-8(20(25,26)27)5-12(21(28,29)30)31-17(16)32-6-11(34)15(35)18(32)36/h3-5,7,11,15,34-35H,6H2,1-2H3/t11-,15-/m0/s1. The third-order valence-electron chi connectivity index (χ3n) is 5.24. The van der Waals surface area contributed by atoms with Gasteiger partial charge in [-0.25, -0.2) is 18.6 Å². The molecule has 2 N–H and O–H groups in total. The van der Waals surface area contributed by atoms with Gasteiger partial charge in [0.1, 0.15) is 28.2 Å². The number of hydrogen-bond acceptors (Lipinski definition) is 6. The highest BCUT2D eigenvalue weighted by Crippen LogP contribution is 2.45. The molecular weight excluding hydrogens is 562 g/mol. The van der Waals surface area contributed by atoms with Crippen LogP contribution in [0.4, 0.5) is 51.4 Å². The number of β-amino-alcohol motifs (C(OH)–C–C–N with tert-alkyl or cyclic N) is 1. The van der Waals surface area contributed by atoms with Gasteiger partial charge >= 0.3 is 18.4 Å². The minimum atomic E-state index is -5.62. The van der Waals surface area contributed by atoms with E-state index < -0.39 is 100 Å². The molecule has 0 saturated carbocycles. The number of carbonyl (C=O) groups is 2. The number of aromatic nitrogens is 1. The van der Waals surface area contributed by atoms with Gasteiger partial charge < -0.3 is 14.9 Å². The number of rotatable bonds is 4. The molecule has 1 aliphatic rings. The zero-order valence-electron chi connectivity index (χ0n) is 19.0. The van der Waals surface area contributed by atoms with Gasteiger partial charge in [-0.3, -0.25) is 14.6 Å². The summed E-state index contributed by atoms with van der Waals surface area (Å²) in [5, 5.41) is 18.4. The number of ether oxygens (including phenoxy) is 1. The maximum absolute atomic E-state index is 14.6. The Bertz CT molecular complexity index is 1270. The number of nitrogens with zero attached hydrogens (tertiary/aromatic N) is 3. The Morgan fingerprint density at radius 1 is 1.16 bits per heavy atom. The van der Waals surface area contributed by atoms with Crippen LogP contribution in [0.15, 0.2) is 18.2 Å². The van der Waals surface area contributed by atoms with Crippen molar-refractivity contribution in [1.82, 2.24) is 4.98 Å². The van der Waals surface area contributed by atoms with Crippen LogP contribution in [-0.2, 0) is 17.1 Å². The van der Waals surface area contributed by atoms with Crippen molar-refractivity contribution in [1.29, 1.82) is 0 Å². The lowest BCUT2D eigenvalue weighted by atomic mass is 10.1. The molecule has 1 saturated heterocycles. The van der Waals surface area contributed by atoms with Crippen LogP contribution >= 0.6 is 11.6 Å². The first kappa shape index (κ1) is 29.3. The van der Waals surface area contributed by atoms with E-state index in [2.05, 4.69) is 4.98 Å². The van der Waals surface area contributed by atoms with Crippen LogP contribution in [0.25, 0.3) is 0 Å². The van der Waals surface area contributed by atoms with Crippen molar-refractivity contribution in [3.63, 3.8) is 0 Å². The summed E-state index contributed by atoms with van der Waals surface area (Å²) >= 11 is 5.51. The van der Waals surface area contributed by atoms with Crippen LogP contribution < -0.4 is 14.5 Å². The van der Waals surface area contributed by atoms with Gasteiger partial charge in [0, 0.05) is 6.04 Å². The average molecular weight is 578 g/mol. The first-order valence-electron chi connectivity index (χ1n) is 10.4. The van der Waals surface area contributed by atoms with E-state index in [1.54, 1.807) is 0 Å². The van der Waals surface area contributed by atoms with Gasteiger partial charge in [-0.1, -0.05) is 11.6 Å². The fraction of sp³-hybridized carbons (Fsp3) is 0.381. The number of halogens is 9. The summed E-state index contributed by atoms with van der Waals surface area (Å²) in [5.41, 5.74) is -5.09. The summed E-state index contributed by atoms with van der Waals surface area (Å²) in [4.78, 5) is 28.8. The van der Waals surface area contributed by atoms with Crippen LogP contribution in [0.1, 0.15) is 25.1 Å². The van der Waals surface area contributed by atoms with Crippen LogP contribution in [0.5, 0.6) is 5.75 Å². The number of hydrogen-bond donors (Lipinski definition) is 2. The fourth-order valence-electron chi connectivity index (χ4n) is 3.48. The molecule has 1 aromatic carbocycles. The van der Waals surface area contributed by atoms with Crippen molar-refractivity contribution in [3.8, 4) is 5.75 Å². The summed E-state index contributed by atoms with van der Waals surface area (Å²) in [7, 11) is 0. The van der Waals surface area contributed by atoms with Gasteiger partial charge in [0.25, 0.3) is 5.91 Å². The molecule has 2 heterocycles. The molecule has 0 aliphatic carbocycles. The van der Waals surface area contributed by atoms with Crippen molar-refractivity contribution in [2.45, 2.75) is 44.4 Å². The van der Waals surface area contributed by atoms with Gasteiger partial charge in [0.05, 0.1) is 12.2 Å². The number of aliphatic hydroxyl groups is 2. The maximum atomic E-state index is 14.6. The molecule has 1 aliphatic heterocycles. The third kappa shape index (κ3) is 5.47. The molecule has 0 radical (unpaired) electrons. The molecule has 3 rings (SSSR count). The fourth-order valence-corrected chi connectivity index (χ4v) is 3.64. The summed E-state index contributed by atoms with van der Waals surface area (Å²) in [5.74, 6) is -7.47. The number of aliphatic hydroxyl groups excluding tert-OH is 2. The second kappa shape index (κ2) is 10.1. The molecule has 1 aromatic heterocycles. The first-order chi connectivity index (χ1) is 17.4. The number of benzene rings is 1. The molecule has 1 fully saturated rings. The monoisotopic (exact) mass is 577 g/mol. The highest BCUT2D eigenvalue weighted by molar-refractivity contribution is 6.31. The van der Waals surface area contributed by atoms with Crippen molar-refractivity contribution in [3.05, 3.63) is 46.1 Å². The second-order valence-corrected chi connectivity index (χ2v) is 8.57. The van der Waals surface area contributed by atoms with Gasteiger partial charge in [0.15, 0.2) is 23.5 Å². The normalized spacial score (nSPS) is 18.4. The zero-order valence-corrected chi connectivity index (χ0v) is 19.8. The van der Waals surface area contributed by atoms with Crippen LogP contribution in [0, 0.1) is 11.6 Å². The van der Waals surface area contributed by atoms with Gasteiger partial charge in [-0.05, 0) is 32.0 Å². The van der Waals surface area contributed by atoms with Crippen molar-refractivity contribution >= 4 is 35.1 Å². The number of amides is 2. The molecule has 0 unspecified atom stereocenters. The van der Waals surface area contributed by atoms with Crippen molar-refractivity contribution < 1.29 is 59.7 Å². The van der Waals surface area contributed by atoms with Crippen molar-refractivity contribution in [2.75, 3.05) is 16.3 Å².